The largest absolute Gasteiger partial charge is 0.496 e. The predicted molar refractivity (Wildman–Crippen MR) is 111 cm³/mol. The Morgan fingerprint density at radius 2 is 1.92 bits per heavy atom. The molecule has 0 radical (unpaired) electrons. The van der Waals surface area contributed by atoms with Crippen LogP contribution in [0.4, 0.5) is 0 Å². The SMILES string of the molecule is CN=C(NCCCS(C)(=O)=O)NCCc1ccc(C)c(OC)c1.I. The van der Waals surface area contributed by atoms with Crippen LogP contribution in [0.1, 0.15) is 17.5 Å². The Kier molecular flexibility index (Phi) is 11.0. The molecule has 0 amide bonds. The monoisotopic (exact) mass is 469 g/mol. The third-order valence-corrected chi connectivity index (χ3v) is 4.42. The molecule has 0 aliphatic carbocycles. The van der Waals surface area contributed by atoms with Crippen molar-refractivity contribution in [2.45, 2.75) is 19.8 Å². The van der Waals surface area contributed by atoms with Crippen molar-refractivity contribution < 1.29 is 13.2 Å². The molecule has 0 heterocycles. The fourth-order valence-corrected chi connectivity index (χ4v) is 2.78. The van der Waals surface area contributed by atoms with Gasteiger partial charge in [-0.3, -0.25) is 4.99 Å². The molecule has 0 saturated carbocycles. The van der Waals surface area contributed by atoms with Gasteiger partial charge in [0.15, 0.2) is 5.96 Å². The minimum absolute atomic E-state index is 0. The van der Waals surface area contributed by atoms with Crippen LogP contribution in [0.5, 0.6) is 5.75 Å². The summed E-state index contributed by atoms with van der Waals surface area (Å²) in [6.45, 7) is 3.33. The molecule has 0 aromatic heterocycles. The molecule has 0 bridgehead atoms. The molecule has 1 aromatic rings. The van der Waals surface area contributed by atoms with Crippen LogP contribution in [-0.4, -0.2) is 53.6 Å². The number of ether oxygens (including phenoxy) is 1. The molecule has 1 aromatic carbocycles. The van der Waals surface area contributed by atoms with E-state index in [0.29, 0.717) is 18.9 Å². The van der Waals surface area contributed by atoms with Crippen molar-refractivity contribution in [1.82, 2.24) is 10.6 Å². The number of halogens is 1. The van der Waals surface area contributed by atoms with Crippen LogP contribution in [0.3, 0.4) is 0 Å². The highest BCUT2D eigenvalue weighted by Gasteiger charge is 2.03. The van der Waals surface area contributed by atoms with Crippen LogP contribution in [0.25, 0.3) is 0 Å². The first-order valence-corrected chi connectivity index (χ1v) is 9.67. The van der Waals surface area contributed by atoms with E-state index in [1.807, 2.05) is 19.1 Å². The normalized spacial score (nSPS) is 11.6. The first-order valence-electron chi connectivity index (χ1n) is 7.61. The minimum Gasteiger partial charge on any atom is -0.496 e. The Balaban J connectivity index is 0.00000529. The molecule has 2 N–H and O–H groups in total. The molecule has 0 spiro atoms. The van der Waals surface area contributed by atoms with Gasteiger partial charge in [-0.05, 0) is 37.0 Å². The zero-order valence-electron chi connectivity index (χ0n) is 14.8. The average Bonchev–Trinajstić information content (AvgIpc) is 2.50. The summed E-state index contributed by atoms with van der Waals surface area (Å²) in [5, 5.41) is 6.33. The molecule has 0 aliphatic heterocycles. The fourth-order valence-electron chi connectivity index (χ4n) is 2.11. The molecule has 0 unspecified atom stereocenters. The summed E-state index contributed by atoms with van der Waals surface area (Å²) in [5.41, 5.74) is 2.31. The molecule has 6 nitrogen and oxygen atoms in total. The Bertz CT molecular complexity index is 633. The lowest BCUT2D eigenvalue weighted by atomic mass is 10.1. The second kappa shape index (κ2) is 11.5. The Labute approximate surface area is 162 Å². The molecule has 1 rings (SSSR count). The van der Waals surface area contributed by atoms with E-state index >= 15 is 0 Å². The summed E-state index contributed by atoms with van der Waals surface area (Å²) < 4.78 is 27.5. The third kappa shape index (κ3) is 9.31. The number of hydrogen-bond donors (Lipinski definition) is 2. The van der Waals surface area contributed by atoms with Gasteiger partial charge < -0.3 is 15.4 Å². The highest BCUT2D eigenvalue weighted by molar-refractivity contribution is 14.0. The first kappa shape index (κ1) is 23.0. The first-order chi connectivity index (χ1) is 10.9. The van der Waals surface area contributed by atoms with Crippen molar-refractivity contribution in [2.24, 2.45) is 4.99 Å². The Morgan fingerprint density at radius 3 is 2.50 bits per heavy atom. The topological polar surface area (TPSA) is 79.8 Å². The van der Waals surface area contributed by atoms with E-state index < -0.39 is 9.84 Å². The number of hydrogen-bond acceptors (Lipinski definition) is 4. The van der Waals surface area contributed by atoms with Crippen LogP contribution in [0, 0.1) is 6.92 Å². The number of aliphatic imine (C=N–C) groups is 1. The lowest BCUT2D eigenvalue weighted by Crippen LogP contribution is -2.39. The number of rotatable bonds is 8. The lowest BCUT2D eigenvalue weighted by Gasteiger charge is -2.12. The number of nitrogens with zero attached hydrogens (tertiary/aromatic N) is 1. The highest BCUT2D eigenvalue weighted by Crippen LogP contribution is 2.18. The van der Waals surface area contributed by atoms with Gasteiger partial charge in [0.2, 0.25) is 0 Å². The summed E-state index contributed by atoms with van der Waals surface area (Å²) in [6, 6.07) is 6.17. The number of aryl methyl sites for hydroxylation is 1. The van der Waals surface area contributed by atoms with Crippen molar-refractivity contribution in [3.63, 3.8) is 0 Å². The smallest absolute Gasteiger partial charge is 0.190 e. The van der Waals surface area contributed by atoms with Gasteiger partial charge in [0.05, 0.1) is 12.9 Å². The second-order valence-corrected chi connectivity index (χ2v) is 7.72. The van der Waals surface area contributed by atoms with E-state index in [1.165, 1.54) is 11.8 Å². The molecule has 8 heteroatoms. The fraction of sp³-hybridized carbons (Fsp3) is 0.562. The van der Waals surface area contributed by atoms with Crippen LogP contribution >= 0.6 is 24.0 Å². The van der Waals surface area contributed by atoms with E-state index in [4.69, 9.17) is 4.74 Å². The summed E-state index contributed by atoms with van der Waals surface area (Å²) >= 11 is 0. The van der Waals surface area contributed by atoms with Crippen LogP contribution < -0.4 is 15.4 Å². The predicted octanol–water partition coefficient (Wildman–Crippen LogP) is 1.76. The van der Waals surface area contributed by atoms with Gasteiger partial charge in [-0.1, -0.05) is 12.1 Å². The Morgan fingerprint density at radius 1 is 1.25 bits per heavy atom. The molecule has 0 saturated heterocycles. The molecule has 0 fully saturated rings. The van der Waals surface area contributed by atoms with Gasteiger partial charge in [-0.15, -0.1) is 24.0 Å². The average molecular weight is 469 g/mol. The van der Waals surface area contributed by atoms with Gasteiger partial charge in [0.25, 0.3) is 0 Å². The number of benzene rings is 1. The maximum Gasteiger partial charge on any atom is 0.190 e. The van der Waals surface area contributed by atoms with Crippen LogP contribution in [0.2, 0.25) is 0 Å². The van der Waals surface area contributed by atoms with Crippen molar-refractivity contribution in [3.05, 3.63) is 29.3 Å². The molecular weight excluding hydrogens is 441 g/mol. The van der Waals surface area contributed by atoms with Gasteiger partial charge in [0.1, 0.15) is 15.6 Å². The second-order valence-electron chi connectivity index (χ2n) is 5.46. The minimum atomic E-state index is -2.90. The highest BCUT2D eigenvalue weighted by atomic mass is 127. The standard InChI is InChI=1S/C16H27N3O3S.HI/c1-13-6-7-14(12-15(13)22-3)8-10-19-16(17-2)18-9-5-11-23(4,20)21;/h6-7,12H,5,8-11H2,1-4H3,(H2,17,18,19);1H. The molecule has 0 aliphatic rings. The van der Waals surface area contributed by atoms with Gasteiger partial charge in [0, 0.05) is 26.4 Å². The number of methoxy groups -OCH3 is 1. The van der Waals surface area contributed by atoms with Gasteiger partial charge in [-0.2, -0.15) is 0 Å². The summed E-state index contributed by atoms with van der Waals surface area (Å²) in [6.07, 6.45) is 2.66. The summed E-state index contributed by atoms with van der Waals surface area (Å²) in [7, 11) is 0.464. The molecule has 0 atom stereocenters. The van der Waals surface area contributed by atoms with Crippen molar-refractivity contribution in [1.29, 1.82) is 0 Å². The molecule has 138 valence electrons. The van der Waals surface area contributed by atoms with E-state index in [9.17, 15) is 8.42 Å². The van der Waals surface area contributed by atoms with Crippen molar-refractivity contribution >= 4 is 39.8 Å². The van der Waals surface area contributed by atoms with Crippen molar-refractivity contribution in [2.75, 3.05) is 39.3 Å². The quantitative estimate of drug-likeness (QED) is 0.263. The van der Waals surface area contributed by atoms with Crippen molar-refractivity contribution in [3.8, 4) is 5.75 Å². The van der Waals surface area contributed by atoms with Gasteiger partial charge >= 0.3 is 0 Å². The summed E-state index contributed by atoms with van der Waals surface area (Å²) in [5.74, 6) is 1.75. The number of guanidine groups is 1. The summed E-state index contributed by atoms with van der Waals surface area (Å²) in [4.78, 5) is 4.12. The molecule has 24 heavy (non-hydrogen) atoms. The van der Waals surface area contributed by atoms with E-state index in [-0.39, 0.29) is 29.7 Å². The third-order valence-electron chi connectivity index (χ3n) is 3.39. The number of sulfone groups is 1. The maximum absolute atomic E-state index is 11.1. The van der Waals surface area contributed by atoms with E-state index in [2.05, 4.69) is 21.7 Å². The number of nitrogens with one attached hydrogen (secondary N) is 2. The van der Waals surface area contributed by atoms with Crippen LogP contribution in [0.15, 0.2) is 23.2 Å². The Hall–Kier alpha value is -1.03. The molecular formula is C16H28IN3O3S. The van der Waals surface area contributed by atoms with Crippen LogP contribution in [-0.2, 0) is 16.3 Å². The zero-order valence-corrected chi connectivity index (χ0v) is 17.9. The van der Waals surface area contributed by atoms with Gasteiger partial charge in [-0.25, -0.2) is 8.42 Å². The lowest BCUT2D eigenvalue weighted by molar-refractivity contribution is 0.411. The van der Waals surface area contributed by atoms with E-state index in [0.717, 1.165) is 24.3 Å². The maximum atomic E-state index is 11.1. The zero-order chi connectivity index (χ0) is 17.3. The van der Waals surface area contributed by atoms with E-state index in [1.54, 1.807) is 14.2 Å².